The second-order valence-corrected chi connectivity index (χ2v) is 2.46. The highest BCUT2D eigenvalue weighted by Gasteiger charge is 2.05. The van der Waals surface area contributed by atoms with E-state index in [9.17, 15) is 9.59 Å². The molecule has 0 saturated heterocycles. The van der Waals surface area contributed by atoms with Crippen molar-refractivity contribution in [3.8, 4) is 0 Å². The van der Waals surface area contributed by atoms with Gasteiger partial charge in [-0.3, -0.25) is 4.79 Å². The van der Waals surface area contributed by atoms with Gasteiger partial charge in [0.2, 0.25) is 0 Å². The van der Waals surface area contributed by atoms with Crippen molar-refractivity contribution in [2.24, 2.45) is 0 Å². The molecule has 0 amide bonds. The molecule has 1 aromatic heterocycles. The fraction of sp³-hybridized carbons (Fsp3) is 0.125. The highest BCUT2D eigenvalue weighted by Crippen LogP contribution is 2.03. The number of carbonyl (C=O) groups is 2. The number of nitrogens with one attached hydrogen (secondary N) is 1. The van der Waals surface area contributed by atoms with E-state index < -0.39 is 11.9 Å². The third-order valence-electron chi connectivity index (χ3n) is 1.39. The molecule has 0 aliphatic rings. The summed E-state index contributed by atoms with van der Waals surface area (Å²) in [5.74, 6) is -1.95. The van der Waals surface area contributed by atoms with E-state index in [0.717, 1.165) is 0 Å². The minimum absolute atomic E-state index is 0.125. The third kappa shape index (κ3) is 2.74. The first kappa shape index (κ1) is 9.97. The van der Waals surface area contributed by atoms with Crippen LogP contribution in [0.1, 0.15) is 10.5 Å². The van der Waals surface area contributed by atoms with Crippen molar-refractivity contribution in [2.75, 3.05) is 11.9 Å². The smallest absolute Gasteiger partial charge is 0.354 e. The van der Waals surface area contributed by atoms with E-state index in [-0.39, 0.29) is 18.1 Å². The standard InChI is InChI=1S/C8H8N2O4/c11-7(12)4-9-6-3-1-2-5(10-6)8(13)14/h1-3H,4H2,(H,9,10)(H,11,12)(H,13,14). The fourth-order valence-corrected chi connectivity index (χ4v) is 0.818. The molecule has 74 valence electrons. The van der Waals surface area contributed by atoms with Gasteiger partial charge in [-0.15, -0.1) is 0 Å². The Morgan fingerprint density at radius 3 is 2.64 bits per heavy atom. The summed E-state index contributed by atoms with van der Waals surface area (Å²) < 4.78 is 0. The lowest BCUT2D eigenvalue weighted by Crippen LogP contribution is -2.14. The number of aromatic carboxylic acids is 1. The van der Waals surface area contributed by atoms with Crippen LogP contribution in [0.25, 0.3) is 0 Å². The van der Waals surface area contributed by atoms with Gasteiger partial charge in [-0.2, -0.15) is 0 Å². The number of rotatable bonds is 4. The van der Waals surface area contributed by atoms with Gasteiger partial charge in [-0.05, 0) is 12.1 Å². The molecule has 0 unspecified atom stereocenters. The second-order valence-electron chi connectivity index (χ2n) is 2.46. The van der Waals surface area contributed by atoms with Gasteiger partial charge < -0.3 is 15.5 Å². The van der Waals surface area contributed by atoms with Crippen LogP contribution in [0.5, 0.6) is 0 Å². The summed E-state index contributed by atoms with van der Waals surface area (Å²) in [5, 5.41) is 19.4. The van der Waals surface area contributed by atoms with E-state index in [4.69, 9.17) is 10.2 Å². The lowest BCUT2D eigenvalue weighted by Gasteiger charge is -2.02. The Hall–Kier alpha value is -2.11. The van der Waals surface area contributed by atoms with E-state index in [0.29, 0.717) is 0 Å². The molecule has 0 spiro atoms. The maximum atomic E-state index is 10.5. The first-order valence-corrected chi connectivity index (χ1v) is 3.75. The second kappa shape index (κ2) is 4.22. The van der Waals surface area contributed by atoms with Gasteiger partial charge in [0.25, 0.3) is 0 Å². The number of pyridine rings is 1. The quantitative estimate of drug-likeness (QED) is 0.639. The normalized spacial score (nSPS) is 9.43. The van der Waals surface area contributed by atoms with Gasteiger partial charge in [0, 0.05) is 0 Å². The molecule has 6 nitrogen and oxygen atoms in total. The van der Waals surface area contributed by atoms with E-state index >= 15 is 0 Å². The van der Waals surface area contributed by atoms with Crippen molar-refractivity contribution < 1.29 is 19.8 Å². The van der Waals surface area contributed by atoms with Crippen molar-refractivity contribution >= 4 is 17.8 Å². The first-order valence-electron chi connectivity index (χ1n) is 3.75. The lowest BCUT2D eigenvalue weighted by molar-refractivity contribution is -0.134. The average molecular weight is 196 g/mol. The minimum Gasteiger partial charge on any atom is -0.480 e. The van der Waals surface area contributed by atoms with Crippen LogP contribution in [0, 0.1) is 0 Å². The van der Waals surface area contributed by atoms with E-state index in [1.807, 2.05) is 0 Å². The van der Waals surface area contributed by atoms with Gasteiger partial charge in [0.05, 0.1) is 0 Å². The molecule has 1 heterocycles. The summed E-state index contributed by atoms with van der Waals surface area (Å²) >= 11 is 0. The highest BCUT2D eigenvalue weighted by atomic mass is 16.4. The van der Waals surface area contributed by atoms with Crippen LogP contribution in [0.2, 0.25) is 0 Å². The van der Waals surface area contributed by atoms with Crippen LogP contribution in [0.4, 0.5) is 5.82 Å². The molecular formula is C8H8N2O4. The molecule has 0 saturated carbocycles. The highest BCUT2D eigenvalue weighted by molar-refractivity contribution is 5.85. The zero-order valence-corrected chi connectivity index (χ0v) is 7.10. The van der Waals surface area contributed by atoms with E-state index in [2.05, 4.69) is 10.3 Å². The summed E-state index contributed by atoms with van der Waals surface area (Å²) in [6.45, 7) is -0.296. The van der Waals surface area contributed by atoms with Gasteiger partial charge in [0.1, 0.15) is 12.4 Å². The average Bonchev–Trinajstić information content (AvgIpc) is 2.15. The zero-order valence-electron chi connectivity index (χ0n) is 7.10. The number of nitrogens with zero attached hydrogens (tertiary/aromatic N) is 1. The summed E-state index contributed by atoms with van der Waals surface area (Å²) in [7, 11) is 0. The van der Waals surface area contributed by atoms with Gasteiger partial charge in [-0.1, -0.05) is 6.07 Å². The SMILES string of the molecule is O=C(O)CNc1cccc(C(=O)O)n1. The zero-order chi connectivity index (χ0) is 10.6. The third-order valence-corrected chi connectivity index (χ3v) is 1.39. The van der Waals surface area contributed by atoms with E-state index in [1.165, 1.54) is 18.2 Å². The Labute approximate surface area is 79.2 Å². The Kier molecular flexibility index (Phi) is 3.01. The maximum absolute atomic E-state index is 10.5. The van der Waals surface area contributed by atoms with Crippen molar-refractivity contribution in [3.05, 3.63) is 23.9 Å². The minimum atomic E-state index is -1.15. The Balaban J connectivity index is 2.73. The summed E-state index contributed by atoms with van der Waals surface area (Å²) in [4.78, 5) is 24.3. The van der Waals surface area contributed by atoms with Gasteiger partial charge in [0.15, 0.2) is 5.69 Å². The predicted molar refractivity (Wildman–Crippen MR) is 47.3 cm³/mol. The summed E-state index contributed by atoms with van der Waals surface area (Å²) in [6, 6.07) is 4.31. The molecule has 0 atom stereocenters. The van der Waals surface area contributed by atoms with Crippen molar-refractivity contribution in [2.45, 2.75) is 0 Å². The largest absolute Gasteiger partial charge is 0.480 e. The van der Waals surface area contributed by atoms with Crippen LogP contribution >= 0.6 is 0 Å². The Morgan fingerprint density at radius 1 is 1.36 bits per heavy atom. The van der Waals surface area contributed by atoms with Crippen molar-refractivity contribution in [3.63, 3.8) is 0 Å². The molecule has 0 radical (unpaired) electrons. The number of hydrogen-bond donors (Lipinski definition) is 3. The molecule has 0 fully saturated rings. The molecule has 1 aromatic rings. The maximum Gasteiger partial charge on any atom is 0.354 e. The number of aromatic nitrogens is 1. The molecule has 14 heavy (non-hydrogen) atoms. The van der Waals surface area contributed by atoms with Crippen molar-refractivity contribution in [1.82, 2.24) is 4.98 Å². The number of carboxylic acid groups (broad SMARTS) is 2. The number of carboxylic acids is 2. The van der Waals surface area contributed by atoms with Crippen LogP contribution in [0.15, 0.2) is 18.2 Å². The molecule has 0 aliphatic carbocycles. The van der Waals surface area contributed by atoms with Gasteiger partial charge in [-0.25, -0.2) is 9.78 Å². The van der Waals surface area contributed by atoms with Crippen LogP contribution in [0.3, 0.4) is 0 Å². The topological polar surface area (TPSA) is 99.5 Å². The Morgan fingerprint density at radius 2 is 2.07 bits per heavy atom. The molecule has 0 aromatic carbocycles. The summed E-state index contributed by atoms with van der Waals surface area (Å²) in [6.07, 6.45) is 0. The van der Waals surface area contributed by atoms with Crippen LogP contribution in [-0.2, 0) is 4.79 Å². The summed E-state index contributed by atoms with van der Waals surface area (Å²) in [5.41, 5.74) is -0.125. The number of anilines is 1. The molecule has 0 aliphatic heterocycles. The van der Waals surface area contributed by atoms with Gasteiger partial charge >= 0.3 is 11.9 Å². The van der Waals surface area contributed by atoms with E-state index in [1.54, 1.807) is 0 Å². The monoisotopic (exact) mass is 196 g/mol. The van der Waals surface area contributed by atoms with Crippen LogP contribution in [-0.4, -0.2) is 33.7 Å². The molecule has 6 heteroatoms. The Bertz CT molecular complexity index is 364. The number of hydrogen-bond acceptors (Lipinski definition) is 4. The van der Waals surface area contributed by atoms with Crippen LogP contribution < -0.4 is 5.32 Å². The molecule has 1 rings (SSSR count). The molecule has 0 bridgehead atoms. The predicted octanol–water partition coefficient (Wildman–Crippen LogP) is 0.276. The fourth-order valence-electron chi connectivity index (χ4n) is 0.818. The first-order chi connectivity index (χ1) is 6.59. The lowest BCUT2D eigenvalue weighted by atomic mass is 10.3. The number of aliphatic carboxylic acids is 1. The molecular weight excluding hydrogens is 188 g/mol. The van der Waals surface area contributed by atoms with Crippen molar-refractivity contribution in [1.29, 1.82) is 0 Å². The molecule has 3 N–H and O–H groups in total.